The number of unbranched alkanes of at least 4 members (excludes halogenated alkanes) is 1. The Morgan fingerprint density at radius 3 is 2.11 bits per heavy atom. The van der Waals surface area contributed by atoms with Gasteiger partial charge in [-0.2, -0.15) is 0 Å². The molecule has 0 saturated carbocycles. The van der Waals surface area contributed by atoms with Gasteiger partial charge in [0.15, 0.2) is 0 Å². The van der Waals surface area contributed by atoms with Gasteiger partial charge in [0.05, 0.1) is 6.10 Å². The largest absolute Gasteiger partial charge is 0.388 e. The summed E-state index contributed by atoms with van der Waals surface area (Å²) in [5.74, 6) is 0.982. The second-order valence-corrected chi connectivity index (χ2v) is 5.82. The van der Waals surface area contributed by atoms with E-state index in [0.29, 0.717) is 11.8 Å². The summed E-state index contributed by atoms with van der Waals surface area (Å²) in [7, 11) is 0. The first kappa shape index (κ1) is 15.2. The Morgan fingerprint density at radius 2 is 1.61 bits per heavy atom. The summed E-state index contributed by atoms with van der Waals surface area (Å²) in [5.41, 5.74) is 3.89. The minimum atomic E-state index is -0.305. The number of hydrogen-bond acceptors (Lipinski definition) is 1. The fourth-order valence-corrected chi connectivity index (χ4v) is 2.62. The second kappa shape index (κ2) is 6.94. The molecule has 0 radical (unpaired) electrons. The van der Waals surface area contributed by atoms with E-state index < -0.39 is 0 Å². The average Bonchev–Trinajstić information content (AvgIpc) is 2.34. The third kappa shape index (κ3) is 3.58. The van der Waals surface area contributed by atoms with Gasteiger partial charge in [0.25, 0.3) is 0 Å². The van der Waals surface area contributed by atoms with Gasteiger partial charge in [-0.1, -0.05) is 65.7 Å². The fraction of sp³-hybridized carbons (Fsp3) is 0.647. The molecule has 0 aliphatic carbocycles. The van der Waals surface area contributed by atoms with E-state index in [0.717, 1.165) is 24.8 Å². The van der Waals surface area contributed by atoms with Crippen LogP contribution in [0.3, 0.4) is 0 Å². The maximum absolute atomic E-state index is 10.4. The molecule has 0 amide bonds. The lowest BCUT2D eigenvalue weighted by molar-refractivity contribution is 0.162. The summed E-state index contributed by atoms with van der Waals surface area (Å²) < 4.78 is 0. The van der Waals surface area contributed by atoms with Crippen LogP contribution in [0.4, 0.5) is 0 Å². The highest BCUT2D eigenvalue weighted by molar-refractivity contribution is 5.40. The zero-order valence-corrected chi connectivity index (χ0v) is 12.5. The molecular formula is C17H28O. The van der Waals surface area contributed by atoms with E-state index in [2.05, 4.69) is 52.8 Å². The van der Waals surface area contributed by atoms with Crippen molar-refractivity contribution in [3.05, 3.63) is 34.9 Å². The molecule has 0 fully saturated rings. The molecule has 0 saturated heterocycles. The van der Waals surface area contributed by atoms with Crippen LogP contribution in [0.1, 0.15) is 88.5 Å². The van der Waals surface area contributed by atoms with Crippen molar-refractivity contribution < 1.29 is 5.11 Å². The van der Waals surface area contributed by atoms with Crippen LogP contribution in [-0.2, 0) is 0 Å². The summed E-state index contributed by atoms with van der Waals surface area (Å²) in [5, 5.41) is 10.4. The highest BCUT2D eigenvalue weighted by atomic mass is 16.3. The zero-order valence-electron chi connectivity index (χ0n) is 12.5. The molecule has 1 aromatic carbocycles. The van der Waals surface area contributed by atoms with Crippen LogP contribution in [-0.4, -0.2) is 5.11 Å². The van der Waals surface area contributed by atoms with Crippen LogP contribution in [0.5, 0.6) is 0 Å². The van der Waals surface area contributed by atoms with Gasteiger partial charge in [0.2, 0.25) is 0 Å². The minimum Gasteiger partial charge on any atom is -0.388 e. The van der Waals surface area contributed by atoms with Gasteiger partial charge >= 0.3 is 0 Å². The zero-order chi connectivity index (χ0) is 13.7. The third-order valence-electron chi connectivity index (χ3n) is 3.56. The molecule has 1 nitrogen and oxygen atoms in total. The number of rotatable bonds is 6. The highest BCUT2D eigenvalue weighted by Crippen LogP contribution is 2.33. The van der Waals surface area contributed by atoms with Gasteiger partial charge in [-0.05, 0) is 34.9 Å². The van der Waals surface area contributed by atoms with Crippen LogP contribution in [0.25, 0.3) is 0 Å². The number of aliphatic hydroxyl groups excluding tert-OH is 1. The van der Waals surface area contributed by atoms with Crippen molar-refractivity contribution >= 4 is 0 Å². The molecule has 1 heteroatoms. The van der Waals surface area contributed by atoms with Gasteiger partial charge in [-0.25, -0.2) is 0 Å². The topological polar surface area (TPSA) is 20.2 Å². The smallest absolute Gasteiger partial charge is 0.0792 e. The average molecular weight is 248 g/mol. The Labute approximate surface area is 112 Å². The monoisotopic (exact) mass is 248 g/mol. The maximum Gasteiger partial charge on any atom is 0.0792 e. The van der Waals surface area contributed by atoms with E-state index in [1.54, 1.807) is 0 Å². The second-order valence-electron chi connectivity index (χ2n) is 5.82. The lowest BCUT2D eigenvalue weighted by Crippen LogP contribution is -2.08. The predicted octanol–water partition coefficient (Wildman–Crippen LogP) is 5.16. The van der Waals surface area contributed by atoms with E-state index >= 15 is 0 Å². The van der Waals surface area contributed by atoms with Crippen molar-refractivity contribution in [2.75, 3.05) is 0 Å². The van der Waals surface area contributed by atoms with Crippen LogP contribution < -0.4 is 0 Å². The van der Waals surface area contributed by atoms with Crippen LogP contribution in [0, 0.1) is 0 Å². The van der Waals surface area contributed by atoms with Crippen molar-refractivity contribution in [1.82, 2.24) is 0 Å². The Hall–Kier alpha value is -0.820. The van der Waals surface area contributed by atoms with Gasteiger partial charge in [0.1, 0.15) is 0 Å². The lowest BCUT2D eigenvalue weighted by atomic mass is 9.84. The summed E-state index contributed by atoms with van der Waals surface area (Å²) >= 11 is 0. The van der Waals surface area contributed by atoms with E-state index in [-0.39, 0.29) is 6.10 Å². The van der Waals surface area contributed by atoms with E-state index in [1.165, 1.54) is 11.1 Å². The molecule has 18 heavy (non-hydrogen) atoms. The van der Waals surface area contributed by atoms with Crippen LogP contribution >= 0.6 is 0 Å². The predicted molar refractivity (Wildman–Crippen MR) is 79.1 cm³/mol. The first-order valence-corrected chi connectivity index (χ1v) is 7.29. The standard InChI is InChI=1S/C17H28O/c1-6-7-11-16(18)15-10-8-9-14(12(2)3)17(15)13(4)5/h8-10,12-13,16,18H,6-7,11H2,1-5H3. The molecule has 0 heterocycles. The molecule has 0 spiro atoms. The molecule has 1 rings (SSSR count). The van der Waals surface area contributed by atoms with E-state index in [1.807, 2.05) is 0 Å². The van der Waals surface area contributed by atoms with Crippen LogP contribution in [0.15, 0.2) is 18.2 Å². The number of benzene rings is 1. The minimum absolute atomic E-state index is 0.305. The first-order chi connectivity index (χ1) is 8.49. The Bertz CT molecular complexity index is 366. The van der Waals surface area contributed by atoms with Gasteiger partial charge < -0.3 is 5.11 Å². The summed E-state index contributed by atoms with van der Waals surface area (Å²) in [6, 6.07) is 6.39. The summed E-state index contributed by atoms with van der Waals surface area (Å²) in [6.07, 6.45) is 2.79. The number of aliphatic hydroxyl groups is 1. The molecule has 1 aromatic rings. The molecule has 1 N–H and O–H groups in total. The molecule has 0 aliphatic heterocycles. The van der Waals surface area contributed by atoms with Gasteiger partial charge in [0, 0.05) is 0 Å². The van der Waals surface area contributed by atoms with Crippen molar-refractivity contribution in [2.24, 2.45) is 0 Å². The summed E-state index contributed by atoms with van der Waals surface area (Å²) in [6.45, 7) is 11.1. The normalized spacial score (nSPS) is 13.3. The third-order valence-corrected chi connectivity index (χ3v) is 3.56. The Kier molecular flexibility index (Phi) is 5.87. The first-order valence-electron chi connectivity index (χ1n) is 7.29. The molecule has 0 aromatic heterocycles. The SMILES string of the molecule is CCCCC(O)c1cccc(C(C)C)c1C(C)C. The van der Waals surface area contributed by atoms with Gasteiger partial charge in [-0.3, -0.25) is 0 Å². The molecule has 1 atom stereocenters. The molecule has 102 valence electrons. The van der Waals surface area contributed by atoms with E-state index in [9.17, 15) is 5.11 Å². The Balaban J connectivity index is 3.14. The highest BCUT2D eigenvalue weighted by Gasteiger charge is 2.18. The lowest BCUT2D eigenvalue weighted by Gasteiger charge is -2.23. The fourth-order valence-electron chi connectivity index (χ4n) is 2.62. The maximum atomic E-state index is 10.4. The van der Waals surface area contributed by atoms with Crippen LogP contribution in [0.2, 0.25) is 0 Å². The molecular weight excluding hydrogens is 220 g/mol. The van der Waals surface area contributed by atoms with Crippen molar-refractivity contribution in [3.8, 4) is 0 Å². The van der Waals surface area contributed by atoms with Crippen molar-refractivity contribution in [2.45, 2.75) is 71.8 Å². The molecule has 0 aliphatic rings. The van der Waals surface area contributed by atoms with Gasteiger partial charge in [-0.15, -0.1) is 0 Å². The molecule has 0 bridgehead atoms. The van der Waals surface area contributed by atoms with Crippen molar-refractivity contribution in [1.29, 1.82) is 0 Å². The summed E-state index contributed by atoms with van der Waals surface area (Å²) in [4.78, 5) is 0. The molecule has 1 unspecified atom stereocenters. The quantitative estimate of drug-likeness (QED) is 0.737. The van der Waals surface area contributed by atoms with E-state index in [4.69, 9.17) is 0 Å². The van der Waals surface area contributed by atoms with Crippen molar-refractivity contribution in [3.63, 3.8) is 0 Å². The number of hydrogen-bond donors (Lipinski definition) is 1. The Morgan fingerprint density at radius 1 is 1.00 bits per heavy atom.